The molecule has 0 bridgehead atoms. The number of nitrogens with one attached hydrogen (secondary N) is 1. The zero-order valence-corrected chi connectivity index (χ0v) is 11.8. The summed E-state index contributed by atoms with van der Waals surface area (Å²) in [5.41, 5.74) is 5.50. The van der Waals surface area contributed by atoms with Gasteiger partial charge < -0.3 is 5.32 Å². The van der Waals surface area contributed by atoms with E-state index < -0.39 is 0 Å². The van der Waals surface area contributed by atoms with Gasteiger partial charge in [0.1, 0.15) is 5.52 Å². The van der Waals surface area contributed by atoms with Crippen molar-refractivity contribution >= 4 is 11.0 Å². The van der Waals surface area contributed by atoms with Crippen molar-refractivity contribution in [2.45, 2.75) is 20.4 Å². The summed E-state index contributed by atoms with van der Waals surface area (Å²) in [5, 5.41) is 11.9. The van der Waals surface area contributed by atoms with Crippen molar-refractivity contribution in [2.24, 2.45) is 0 Å². The number of hydrogen-bond donors (Lipinski definition) is 1. The van der Waals surface area contributed by atoms with E-state index >= 15 is 0 Å². The lowest BCUT2D eigenvalue weighted by molar-refractivity contribution is 0.724. The average Bonchev–Trinajstić information content (AvgIpc) is 2.90. The molecule has 4 heteroatoms. The van der Waals surface area contributed by atoms with Crippen LogP contribution in [0, 0.1) is 6.92 Å². The monoisotopic (exact) mass is 266 g/mol. The van der Waals surface area contributed by atoms with Crippen molar-refractivity contribution in [2.75, 3.05) is 6.54 Å². The van der Waals surface area contributed by atoms with Crippen molar-refractivity contribution in [3.8, 4) is 5.69 Å². The van der Waals surface area contributed by atoms with Gasteiger partial charge in [0.25, 0.3) is 0 Å². The number of para-hydroxylation sites is 1. The molecule has 1 N–H and O–H groups in total. The lowest BCUT2D eigenvalue weighted by Crippen LogP contribution is -2.12. The Morgan fingerprint density at radius 2 is 2.00 bits per heavy atom. The van der Waals surface area contributed by atoms with Gasteiger partial charge in [0.15, 0.2) is 0 Å². The lowest BCUT2D eigenvalue weighted by atomic mass is 10.1. The van der Waals surface area contributed by atoms with Gasteiger partial charge in [-0.05, 0) is 42.8 Å². The van der Waals surface area contributed by atoms with Crippen LogP contribution in [0.25, 0.3) is 16.7 Å². The Bertz CT molecular complexity index is 730. The van der Waals surface area contributed by atoms with Gasteiger partial charge in [-0.25, -0.2) is 4.68 Å². The van der Waals surface area contributed by atoms with E-state index in [1.165, 1.54) is 11.1 Å². The third-order valence-electron chi connectivity index (χ3n) is 3.43. The number of rotatable bonds is 4. The molecule has 3 aromatic rings. The maximum atomic E-state index is 4.29. The van der Waals surface area contributed by atoms with E-state index in [-0.39, 0.29) is 0 Å². The van der Waals surface area contributed by atoms with Crippen LogP contribution < -0.4 is 5.32 Å². The van der Waals surface area contributed by atoms with Gasteiger partial charge in [-0.2, -0.15) is 0 Å². The standard InChI is InChI=1S/C16H18N4/c1-3-17-11-13-9-8-12(2)16(10-13)20-15-7-5-4-6-14(15)18-19-20/h4-10,17H,3,11H2,1-2H3. The Morgan fingerprint density at radius 3 is 2.85 bits per heavy atom. The fraction of sp³-hybridized carbons (Fsp3) is 0.250. The summed E-state index contributed by atoms with van der Waals surface area (Å²) >= 11 is 0. The predicted octanol–water partition coefficient (Wildman–Crippen LogP) is 2.84. The maximum Gasteiger partial charge on any atom is 0.113 e. The number of hydrogen-bond acceptors (Lipinski definition) is 3. The van der Waals surface area contributed by atoms with Crippen molar-refractivity contribution in [3.63, 3.8) is 0 Å². The minimum Gasteiger partial charge on any atom is -0.313 e. The Morgan fingerprint density at radius 1 is 1.15 bits per heavy atom. The molecule has 0 aliphatic heterocycles. The fourth-order valence-corrected chi connectivity index (χ4v) is 2.31. The van der Waals surface area contributed by atoms with E-state index in [0.717, 1.165) is 29.8 Å². The summed E-state index contributed by atoms with van der Waals surface area (Å²) in [4.78, 5) is 0. The van der Waals surface area contributed by atoms with Crippen LogP contribution in [0.1, 0.15) is 18.1 Å². The van der Waals surface area contributed by atoms with Crippen LogP contribution in [0.15, 0.2) is 42.5 Å². The van der Waals surface area contributed by atoms with E-state index in [4.69, 9.17) is 0 Å². The average molecular weight is 266 g/mol. The predicted molar refractivity (Wildman–Crippen MR) is 81.0 cm³/mol. The molecule has 0 aliphatic rings. The molecular weight excluding hydrogens is 248 g/mol. The van der Waals surface area contributed by atoms with Crippen LogP contribution in [-0.2, 0) is 6.54 Å². The summed E-state index contributed by atoms with van der Waals surface area (Å²) in [6.45, 7) is 6.05. The highest BCUT2D eigenvalue weighted by atomic mass is 15.4. The maximum absolute atomic E-state index is 4.29. The summed E-state index contributed by atoms with van der Waals surface area (Å²) in [5.74, 6) is 0. The van der Waals surface area contributed by atoms with Gasteiger partial charge in [0, 0.05) is 6.54 Å². The molecule has 0 amide bonds. The second-order valence-corrected chi connectivity index (χ2v) is 4.89. The van der Waals surface area contributed by atoms with Gasteiger partial charge >= 0.3 is 0 Å². The van der Waals surface area contributed by atoms with Gasteiger partial charge in [-0.3, -0.25) is 0 Å². The highest BCUT2D eigenvalue weighted by Crippen LogP contribution is 2.20. The first-order chi connectivity index (χ1) is 9.79. The molecular formula is C16H18N4. The van der Waals surface area contributed by atoms with E-state index in [2.05, 4.69) is 47.7 Å². The largest absolute Gasteiger partial charge is 0.313 e. The molecule has 1 aromatic heterocycles. The smallest absolute Gasteiger partial charge is 0.113 e. The molecule has 0 aliphatic carbocycles. The second-order valence-electron chi connectivity index (χ2n) is 4.89. The lowest BCUT2D eigenvalue weighted by Gasteiger charge is -2.09. The molecule has 3 rings (SSSR count). The summed E-state index contributed by atoms with van der Waals surface area (Å²) in [6.07, 6.45) is 0. The van der Waals surface area contributed by atoms with Crippen LogP contribution in [0.5, 0.6) is 0 Å². The Kier molecular flexibility index (Phi) is 3.48. The highest BCUT2D eigenvalue weighted by Gasteiger charge is 2.08. The van der Waals surface area contributed by atoms with E-state index in [9.17, 15) is 0 Å². The first-order valence-corrected chi connectivity index (χ1v) is 6.90. The van der Waals surface area contributed by atoms with Gasteiger partial charge in [-0.15, -0.1) is 5.10 Å². The number of nitrogens with zero attached hydrogens (tertiary/aromatic N) is 3. The summed E-state index contributed by atoms with van der Waals surface area (Å²) in [6, 6.07) is 14.5. The highest BCUT2D eigenvalue weighted by molar-refractivity contribution is 5.76. The van der Waals surface area contributed by atoms with Crippen LogP contribution in [0.4, 0.5) is 0 Å². The van der Waals surface area contributed by atoms with Gasteiger partial charge in [0.2, 0.25) is 0 Å². The number of benzene rings is 2. The van der Waals surface area contributed by atoms with Crippen LogP contribution in [0.3, 0.4) is 0 Å². The molecule has 0 fully saturated rings. The van der Waals surface area contributed by atoms with E-state index in [1.807, 2.05) is 28.9 Å². The molecule has 0 unspecified atom stereocenters. The summed E-state index contributed by atoms with van der Waals surface area (Å²) < 4.78 is 1.92. The second kappa shape index (κ2) is 5.43. The molecule has 0 radical (unpaired) electrons. The van der Waals surface area contributed by atoms with E-state index in [1.54, 1.807) is 0 Å². The number of fused-ring (bicyclic) bond motifs is 1. The normalized spacial score (nSPS) is 11.1. The minimum absolute atomic E-state index is 0.871. The quantitative estimate of drug-likeness (QED) is 0.789. The number of aromatic nitrogens is 3. The van der Waals surface area contributed by atoms with Gasteiger partial charge in [-0.1, -0.05) is 36.4 Å². The third-order valence-corrected chi connectivity index (χ3v) is 3.43. The minimum atomic E-state index is 0.871. The zero-order valence-electron chi connectivity index (χ0n) is 11.8. The topological polar surface area (TPSA) is 42.7 Å². The molecule has 20 heavy (non-hydrogen) atoms. The molecule has 0 saturated carbocycles. The molecule has 1 heterocycles. The first-order valence-electron chi connectivity index (χ1n) is 6.90. The van der Waals surface area contributed by atoms with Crippen molar-refractivity contribution < 1.29 is 0 Å². The first kappa shape index (κ1) is 12.8. The molecule has 2 aromatic carbocycles. The molecule has 102 valence electrons. The van der Waals surface area contributed by atoms with Gasteiger partial charge in [0.05, 0.1) is 11.2 Å². The SMILES string of the molecule is CCNCc1ccc(C)c(-n2nnc3ccccc32)c1. The molecule has 0 saturated heterocycles. The summed E-state index contributed by atoms with van der Waals surface area (Å²) in [7, 11) is 0. The van der Waals surface area contributed by atoms with Crippen molar-refractivity contribution in [1.29, 1.82) is 0 Å². The number of aryl methyl sites for hydroxylation is 1. The Hall–Kier alpha value is -2.20. The van der Waals surface area contributed by atoms with Crippen LogP contribution in [0.2, 0.25) is 0 Å². The van der Waals surface area contributed by atoms with Crippen LogP contribution in [-0.4, -0.2) is 21.5 Å². The molecule has 0 spiro atoms. The third kappa shape index (κ3) is 2.30. The zero-order chi connectivity index (χ0) is 13.9. The Balaban J connectivity index is 2.08. The molecule has 4 nitrogen and oxygen atoms in total. The van der Waals surface area contributed by atoms with E-state index in [0.29, 0.717) is 0 Å². The molecule has 0 atom stereocenters. The Labute approximate surface area is 118 Å². The fourth-order valence-electron chi connectivity index (χ4n) is 2.31. The van der Waals surface area contributed by atoms with Crippen molar-refractivity contribution in [1.82, 2.24) is 20.3 Å². The van der Waals surface area contributed by atoms with Crippen LogP contribution >= 0.6 is 0 Å². The van der Waals surface area contributed by atoms with Crippen molar-refractivity contribution in [3.05, 3.63) is 53.6 Å².